The second-order valence-electron chi connectivity index (χ2n) is 9.34. The maximum absolute atomic E-state index is 10.3. The normalized spacial score (nSPS) is 13.0. The fourth-order valence-corrected chi connectivity index (χ4v) is 3.85. The lowest BCUT2D eigenvalue weighted by Crippen LogP contribution is -2.34. The standard InChI is InChI=1S/C27H36N2O2/c1-27(2,3)24-14-12-23(13-15-24)18-29-16-8-11-25(29)19-28(20-26(30)21-31-4)17-22-9-6-5-7-10-22/h5-16,26,30H,17-21H2,1-4H3/t26-/m0/s1. The number of aliphatic hydroxyl groups excluding tert-OH is 1. The SMILES string of the molecule is COC[C@@H](O)CN(Cc1ccccc1)Cc1cccn1Cc1ccc(C(C)(C)C)cc1. The zero-order chi connectivity index (χ0) is 22.3. The molecule has 0 aliphatic heterocycles. The van der Waals surface area contributed by atoms with E-state index < -0.39 is 6.10 Å². The largest absolute Gasteiger partial charge is 0.389 e. The molecule has 1 aromatic heterocycles. The van der Waals surface area contributed by atoms with Gasteiger partial charge in [0.2, 0.25) is 0 Å². The van der Waals surface area contributed by atoms with Gasteiger partial charge in [0, 0.05) is 45.2 Å². The Morgan fingerprint density at radius 3 is 2.26 bits per heavy atom. The lowest BCUT2D eigenvalue weighted by Gasteiger charge is -2.26. The molecule has 2 aromatic carbocycles. The van der Waals surface area contributed by atoms with E-state index in [0.29, 0.717) is 13.2 Å². The third-order valence-electron chi connectivity index (χ3n) is 5.56. The number of methoxy groups -OCH3 is 1. The van der Waals surface area contributed by atoms with E-state index in [4.69, 9.17) is 4.74 Å². The molecule has 0 fully saturated rings. The molecule has 4 nitrogen and oxygen atoms in total. The molecule has 0 amide bonds. The molecule has 3 rings (SSSR count). The summed E-state index contributed by atoms with van der Waals surface area (Å²) in [6.07, 6.45) is 1.63. The molecule has 0 saturated heterocycles. The van der Waals surface area contributed by atoms with Crippen molar-refractivity contribution in [3.63, 3.8) is 0 Å². The van der Waals surface area contributed by atoms with Crippen LogP contribution in [0.1, 0.15) is 43.2 Å². The minimum atomic E-state index is -0.512. The predicted molar refractivity (Wildman–Crippen MR) is 127 cm³/mol. The van der Waals surface area contributed by atoms with Crippen molar-refractivity contribution in [2.24, 2.45) is 0 Å². The lowest BCUT2D eigenvalue weighted by atomic mass is 9.87. The third-order valence-corrected chi connectivity index (χ3v) is 5.56. The summed E-state index contributed by atoms with van der Waals surface area (Å²) in [6, 6.07) is 23.6. The van der Waals surface area contributed by atoms with E-state index >= 15 is 0 Å². The van der Waals surface area contributed by atoms with Crippen LogP contribution in [0.4, 0.5) is 0 Å². The molecule has 0 aliphatic carbocycles. The molecule has 166 valence electrons. The summed E-state index contributed by atoms with van der Waals surface area (Å²) in [5.41, 5.74) is 5.28. The highest BCUT2D eigenvalue weighted by Crippen LogP contribution is 2.23. The summed E-state index contributed by atoms with van der Waals surface area (Å²) in [4.78, 5) is 2.29. The average Bonchev–Trinajstić information content (AvgIpc) is 3.15. The van der Waals surface area contributed by atoms with Crippen molar-refractivity contribution in [2.45, 2.75) is 51.9 Å². The zero-order valence-electron chi connectivity index (χ0n) is 19.3. The molecule has 0 unspecified atom stereocenters. The highest BCUT2D eigenvalue weighted by atomic mass is 16.5. The molecule has 0 radical (unpaired) electrons. The minimum Gasteiger partial charge on any atom is -0.389 e. The fraction of sp³-hybridized carbons (Fsp3) is 0.407. The van der Waals surface area contributed by atoms with Crippen molar-refractivity contribution in [3.05, 3.63) is 95.3 Å². The van der Waals surface area contributed by atoms with Gasteiger partial charge in [0.15, 0.2) is 0 Å². The first-order chi connectivity index (χ1) is 14.8. The van der Waals surface area contributed by atoms with E-state index in [1.54, 1.807) is 7.11 Å². The van der Waals surface area contributed by atoms with Crippen molar-refractivity contribution >= 4 is 0 Å². The van der Waals surface area contributed by atoms with E-state index in [1.807, 2.05) is 6.07 Å². The van der Waals surface area contributed by atoms with Crippen molar-refractivity contribution in [1.29, 1.82) is 0 Å². The van der Waals surface area contributed by atoms with Crippen molar-refractivity contribution in [3.8, 4) is 0 Å². The number of hydrogen-bond donors (Lipinski definition) is 1. The van der Waals surface area contributed by atoms with Gasteiger partial charge in [-0.25, -0.2) is 0 Å². The van der Waals surface area contributed by atoms with E-state index in [2.05, 4.69) is 97.1 Å². The van der Waals surface area contributed by atoms with Gasteiger partial charge in [0.1, 0.15) is 0 Å². The molecule has 0 saturated carbocycles. The summed E-state index contributed by atoms with van der Waals surface area (Å²) < 4.78 is 7.44. The van der Waals surface area contributed by atoms with E-state index in [9.17, 15) is 5.11 Å². The predicted octanol–water partition coefficient (Wildman–Crippen LogP) is 4.84. The van der Waals surface area contributed by atoms with Crippen LogP contribution in [-0.4, -0.2) is 40.9 Å². The van der Waals surface area contributed by atoms with Crippen LogP contribution in [0.25, 0.3) is 0 Å². The number of ether oxygens (including phenoxy) is 1. The van der Waals surface area contributed by atoms with Gasteiger partial charge >= 0.3 is 0 Å². The quantitative estimate of drug-likeness (QED) is 0.510. The second-order valence-corrected chi connectivity index (χ2v) is 9.34. The summed E-state index contributed by atoms with van der Waals surface area (Å²) >= 11 is 0. The summed E-state index contributed by atoms with van der Waals surface area (Å²) in [6.45, 7) is 10.0. The van der Waals surface area contributed by atoms with Crippen molar-refractivity contribution < 1.29 is 9.84 Å². The summed E-state index contributed by atoms with van der Waals surface area (Å²) in [7, 11) is 1.63. The Bertz CT molecular complexity index is 910. The van der Waals surface area contributed by atoms with E-state index in [0.717, 1.165) is 19.6 Å². The van der Waals surface area contributed by atoms with Gasteiger partial charge in [0.25, 0.3) is 0 Å². The Morgan fingerprint density at radius 2 is 1.61 bits per heavy atom. The highest BCUT2D eigenvalue weighted by molar-refractivity contribution is 5.28. The van der Waals surface area contributed by atoms with Gasteiger partial charge in [0.05, 0.1) is 12.7 Å². The first-order valence-corrected chi connectivity index (χ1v) is 11.0. The van der Waals surface area contributed by atoms with Crippen LogP contribution in [-0.2, 0) is 29.8 Å². The van der Waals surface area contributed by atoms with Gasteiger partial charge in [-0.2, -0.15) is 0 Å². The van der Waals surface area contributed by atoms with Gasteiger partial charge in [-0.05, 0) is 34.2 Å². The molecule has 0 bridgehead atoms. The van der Waals surface area contributed by atoms with Gasteiger partial charge < -0.3 is 14.4 Å². The first kappa shape index (κ1) is 23.3. The zero-order valence-corrected chi connectivity index (χ0v) is 19.3. The molecule has 0 spiro atoms. The number of aromatic nitrogens is 1. The smallest absolute Gasteiger partial charge is 0.0900 e. The van der Waals surface area contributed by atoms with Gasteiger partial charge in [-0.3, -0.25) is 4.90 Å². The Hall–Kier alpha value is -2.40. The van der Waals surface area contributed by atoms with Crippen LogP contribution >= 0.6 is 0 Å². The molecule has 31 heavy (non-hydrogen) atoms. The molecule has 0 aliphatic rings. The lowest BCUT2D eigenvalue weighted by molar-refractivity contribution is 0.0333. The minimum absolute atomic E-state index is 0.165. The van der Waals surface area contributed by atoms with Crippen LogP contribution in [0.2, 0.25) is 0 Å². The molecular formula is C27H36N2O2. The van der Waals surface area contributed by atoms with E-state index in [1.165, 1.54) is 22.4 Å². The number of nitrogens with zero attached hydrogens (tertiary/aromatic N) is 2. The van der Waals surface area contributed by atoms with E-state index in [-0.39, 0.29) is 5.41 Å². The Kier molecular flexibility index (Phi) is 8.08. The maximum atomic E-state index is 10.3. The molecule has 1 N–H and O–H groups in total. The number of rotatable bonds is 10. The van der Waals surface area contributed by atoms with Crippen LogP contribution in [0.3, 0.4) is 0 Å². The molecular weight excluding hydrogens is 384 g/mol. The Labute approximate surface area is 187 Å². The molecule has 1 atom stereocenters. The fourth-order valence-electron chi connectivity index (χ4n) is 3.85. The topological polar surface area (TPSA) is 37.6 Å². The van der Waals surface area contributed by atoms with Crippen LogP contribution in [0.15, 0.2) is 72.9 Å². The van der Waals surface area contributed by atoms with Crippen molar-refractivity contribution in [2.75, 3.05) is 20.3 Å². The Balaban J connectivity index is 1.72. The van der Waals surface area contributed by atoms with Crippen LogP contribution in [0.5, 0.6) is 0 Å². The Morgan fingerprint density at radius 1 is 0.903 bits per heavy atom. The number of aliphatic hydroxyl groups is 1. The monoisotopic (exact) mass is 420 g/mol. The van der Waals surface area contributed by atoms with Crippen LogP contribution in [0, 0.1) is 0 Å². The summed E-state index contributed by atoms with van der Waals surface area (Å²) in [5, 5.41) is 10.3. The second kappa shape index (κ2) is 10.8. The molecule has 1 heterocycles. The molecule has 3 aromatic rings. The van der Waals surface area contributed by atoms with Crippen molar-refractivity contribution in [1.82, 2.24) is 9.47 Å². The average molecular weight is 421 g/mol. The van der Waals surface area contributed by atoms with Gasteiger partial charge in [-0.15, -0.1) is 0 Å². The molecule has 4 heteroatoms. The maximum Gasteiger partial charge on any atom is 0.0900 e. The number of hydrogen-bond acceptors (Lipinski definition) is 3. The first-order valence-electron chi connectivity index (χ1n) is 11.0. The van der Waals surface area contributed by atoms with Crippen LogP contribution < -0.4 is 0 Å². The third kappa shape index (κ3) is 7.06. The highest BCUT2D eigenvalue weighted by Gasteiger charge is 2.16. The van der Waals surface area contributed by atoms with Gasteiger partial charge in [-0.1, -0.05) is 75.4 Å². The number of benzene rings is 2. The summed E-state index contributed by atoms with van der Waals surface area (Å²) in [5.74, 6) is 0.